The summed E-state index contributed by atoms with van der Waals surface area (Å²) in [6.45, 7) is -0.259. The second-order valence-electron chi connectivity index (χ2n) is 3.32. The van der Waals surface area contributed by atoms with E-state index in [1.165, 1.54) is 12.1 Å². The number of nitrogens with one attached hydrogen (secondary N) is 1. The zero-order valence-corrected chi connectivity index (χ0v) is 8.88. The second-order valence-corrected chi connectivity index (χ2v) is 3.32. The molecule has 1 aromatic carbocycles. The van der Waals surface area contributed by atoms with Crippen molar-refractivity contribution in [3.05, 3.63) is 35.4 Å². The molecule has 0 aliphatic rings. The van der Waals surface area contributed by atoms with Gasteiger partial charge >= 0.3 is 0 Å². The van der Waals surface area contributed by atoms with Crippen molar-refractivity contribution in [3.8, 4) is 6.07 Å². The molecule has 0 fully saturated rings. The average Bonchev–Trinajstić information content (AvgIpc) is 2.35. The minimum absolute atomic E-state index is 0.259. The predicted octanol–water partition coefficient (Wildman–Crippen LogP) is -0.866. The molecule has 0 radical (unpaired) electrons. The quantitative estimate of drug-likeness (QED) is 0.627. The van der Waals surface area contributed by atoms with Gasteiger partial charge in [-0.05, 0) is 18.2 Å². The van der Waals surface area contributed by atoms with E-state index in [-0.39, 0.29) is 12.1 Å². The number of aliphatic hydroxyl groups is 1. The highest BCUT2D eigenvalue weighted by molar-refractivity contribution is 5.94. The molecule has 0 aliphatic heterocycles. The predicted molar refractivity (Wildman–Crippen MR) is 58.7 cm³/mol. The van der Waals surface area contributed by atoms with Crippen LogP contribution in [0.15, 0.2) is 24.3 Å². The van der Waals surface area contributed by atoms with Gasteiger partial charge in [-0.2, -0.15) is 5.26 Å². The van der Waals surface area contributed by atoms with Gasteiger partial charge in [0.15, 0.2) is 0 Å². The van der Waals surface area contributed by atoms with Crippen LogP contribution in [-0.4, -0.2) is 29.6 Å². The Morgan fingerprint density at radius 1 is 1.53 bits per heavy atom. The van der Waals surface area contributed by atoms with Crippen LogP contribution in [0, 0.1) is 11.3 Å². The fourth-order valence-electron chi connectivity index (χ4n) is 1.12. The Hall–Kier alpha value is -2.39. The number of aliphatic hydroxyl groups excluding tert-OH is 1. The van der Waals surface area contributed by atoms with Crippen LogP contribution in [0.3, 0.4) is 0 Å². The molecule has 0 heterocycles. The highest BCUT2D eigenvalue weighted by Gasteiger charge is 2.13. The summed E-state index contributed by atoms with van der Waals surface area (Å²) in [7, 11) is 0. The first-order chi connectivity index (χ1) is 8.04. The van der Waals surface area contributed by atoms with E-state index in [4.69, 9.17) is 16.1 Å². The minimum Gasteiger partial charge on any atom is -0.381 e. The number of hydrogen-bond acceptors (Lipinski definition) is 4. The first kappa shape index (κ1) is 12.7. The van der Waals surface area contributed by atoms with Crippen LogP contribution in [0.2, 0.25) is 0 Å². The molecule has 4 N–H and O–H groups in total. The van der Waals surface area contributed by atoms with Crippen LogP contribution in [0.4, 0.5) is 0 Å². The maximum absolute atomic E-state index is 11.6. The molecule has 1 rings (SSSR count). The first-order valence-corrected chi connectivity index (χ1v) is 4.80. The summed E-state index contributed by atoms with van der Waals surface area (Å²) < 4.78 is 0. The van der Waals surface area contributed by atoms with Gasteiger partial charge in [0.25, 0.3) is 5.91 Å². The van der Waals surface area contributed by atoms with E-state index >= 15 is 0 Å². The SMILES string of the molecule is N#Cc1cccc(C(=O)NCC(O)C(N)=O)c1. The van der Waals surface area contributed by atoms with Crippen molar-refractivity contribution in [1.29, 1.82) is 5.26 Å². The van der Waals surface area contributed by atoms with Crippen molar-refractivity contribution in [2.75, 3.05) is 6.54 Å². The number of carbonyl (C=O) groups excluding carboxylic acids is 2. The smallest absolute Gasteiger partial charge is 0.251 e. The van der Waals surface area contributed by atoms with Gasteiger partial charge in [0.05, 0.1) is 18.2 Å². The Bertz CT molecular complexity index is 479. The molecule has 1 aromatic rings. The number of benzene rings is 1. The summed E-state index contributed by atoms with van der Waals surface area (Å²) in [6, 6.07) is 7.96. The number of nitriles is 1. The first-order valence-electron chi connectivity index (χ1n) is 4.80. The van der Waals surface area contributed by atoms with Crippen molar-refractivity contribution in [2.24, 2.45) is 5.73 Å². The van der Waals surface area contributed by atoms with Gasteiger partial charge in [-0.25, -0.2) is 0 Å². The standard InChI is InChI=1S/C11H11N3O3/c12-5-7-2-1-3-8(4-7)11(17)14-6-9(15)10(13)16/h1-4,9,15H,6H2,(H2,13,16)(H,14,17). The second kappa shape index (κ2) is 5.63. The molecule has 0 bridgehead atoms. The summed E-state index contributed by atoms with van der Waals surface area (Å²) >= 11 is 0. The molecule has 0 saturated heterocycles. The van der Waals surface area contributed by atoms with Gasteiger partial charge in [-0.1, -0.05) is 6.07 Å². The fraction of sp³-hybridized carbons (Fsp3) is 0.182. The van der Waals surface area contributed by atoms with Gasteiger partial charge < -0.3 is 16.2 Å². The number of nitrogens with two attached hydrogens (primary N) is 1. The zero-order valence-electron chi connectivity index (χ0n) is 8.88. The van der Waals surface area contributed by atoms with Crippen molar-refractivity contribution >= 4 is 11.8 Å². The Morgan fingerprint density at radius 2 is 2.24 bits per heavy atom. The molecule has 1 unspecified atom stereocenters. The van der Waals surface area contributed by atoms with Gasteiger partial charge in [-0.15, -0.1) is 0 Å². The molecular weight excluding hydrogens is 222 g/mol. The molecule has 0 aliphatic carbocycles. The number of amides is 2. The maximum Gasteiger partial charge on any atom is 0.251 e. The van der Waals surface area contributed by atoms with Crippen LogP contribution < -0.4 is 11.1 Å². The highest BCUT2D eigenvalue weighted by Crippen LogP contribution is 2.03. The zero-order chi connectivity index (χ0) is 12.8. The van der Waals surface area contributed by atoms with Gasteiger partial charge in [-0.3, -0.25) is 9.59 Å². The van der Waals surface area contributed by atoms with E-state index in [9.17, 15) is 9.59 Å². The van der Waals surface area contributed by atoms with E-state index in [0.29, 0.717) is 5.56 Å². The Balaban J connectivity index is 2.64. The molecule has 6 heteroatoms. The van der Waals surface area contributed by atoms with Crippen LogP contribution >= 0.6 is 0 Å². The largest absolute Gasteiger partial charge is 0.381 e. The van der Waals surface area contributed by atoms with E-state index in [0.717, 1.165) is 0 Å². The number of nitrogens with zero attached hydrogens (tertiary/aromatic N) is 1. The van der Waals surface area contributed by atoms with Crippen molar-refractivity contribution in [2.45, 2.75) is 6.10 Å². The number of hydrogen-bond donors (Lipinski definition) is 3. The summed E-state index contributed by atoms with van der Waals surface area (Å²) in [5, 5.41) is 20.1. The van der Waals surface area contributed by atoms with Crippen LogP contribution in [0.5, 0.6) is 0 Å². The molecule has 2 amide bonds. The lowest BCUT2D eigenvalue weighted by molar-refractivity contribution is -0.125. The van der Waals surface area contributed by atoms with Crippen molar-refractivity contribution < 1.29 is 14.7 Å². The molecule has 0 saturated carbocycles. The van der Waals surface area contributed by atoms with Gasteiger partial charge in [0.1, 0.15) is 6.10 Å². The Kier molecular flexibility index (Phi) is 4.20. The lowest BCUT2D eigenvalue weighted by Crippen LogP contribution is -2.39. The van der Waals surface area contributed by atoms with Crippen molar-refractivity contribution in [3.63, 3.8) is 0 Å². The molecule has 0 spiro atoms. The summed E-state index contributed by atoms with van der Waals surface area (Å²) in [6.07, 6.45) is -1.42. The lowest BCUT2D eigenvalue weighted by atomic mass is 10.1. The highest BCUT2D eigenvalue weighted by atomic mass is 16.3. The van der Waals surface area contributed by atoms with Crippen LogP contribution in [0.25, 0.3) is 0 Å². The monoisotopic (exact) mass is 233 g/mol. The van der Waals surface area contributed by atoms with Crippen LogP contribution in [0.1, 0.15) is 15.9 Å². The molecular formula is C11H11N3O3. The van der Waals surface area contributed by atoms with Gasteiger partial charge in [0, 0.05) is 5.56 Å². The minimum atomic E-state index is -1.42. The number of carbonyl (C=O) groups is 2. The van der Waals surface area contributed by atoms with E-state index in [2.05, 4.69) is 5.32 Å². The topological polar surface area (TPSA) is 116 Å². The molecule has 6 nitrogen and oxygen atoms in total. The normalized spacial score (nSPS) is 11.3. The molecule has 88 valence electrons. The fourth-order valence-corrected chi connectivity index (χ4v) is 1.12. The number of rotatable bonds is 4. The summed E-state index contributed by atoms with van der Waals surface area (Å²) in [5.41, 5.74) is 5.46. The van der Waals surface area contributed by atoms with E-state index in [1.54, 1.807) is 12.1 Å². The summed E-state index contributed by atoms with van der Waals surface area (Å²) in [5.74, 6) is -1.39. The van der Waals surface area contributed by atoms with E-state index < -0.39 is 17.9 Å². The third-order valence-corrected chi connectivity index (χ3v) is 2.04. The van der Waals surface area contributed by atoms with Gasteiger partial charge in [0.2, 0.25) is 5.91 Å². The molecule has 17 heavy (non-hydrogen) atoms. The lowest BCUT2D eigenvalue weighted by Gasteiger charge is -2.08. The summed E-state index contributed by atoms with van der Waals surface area (Å²) in [4.78, 5) is 22.1. The Morgan fingerprint density at radius 3 is 2.82 bits per heavy atom. The van der Waals surface area contributed by atoms with Crippen molar-refractivity contribution in [1.82, 2.24) is 5.32 Å². The average molecular weight is 233 g/mol. The molecule has 1 atom stereocenters. The van der Waals surface area contributed by atoms with E-state index in [1.807, 2.05) is 6.07 Å². The van der Waals surface area contributed by atoms with Crippen LogP contribution in [-0.2, 0) is 4.79 Å². The number of primary amides is 1. The maximum atomic E-state index is 11.6. The molecule has 0 aromatic heterocycles. The Labute approximate surface area is 97.7 Å². The third kappa shape index (κ3) is 3.59. The third-order valence-electron chi connectivity index (χ3n) is 2.04.